The Hall–Kier alpha value is -4.08. The number of ether oxygens (including phenoxy) is 3. The summed E-state index contributed by atoms with van der Waals surface area (Å²) in [5, 5.41) is 14.6. The van der Waals surface area contributed by atoms with Crippen molar-refractivity contribution in [2.45, 2.75) is 26.4 Å². The van der Waals surface area contributed by atoms with Crippen LogP contribution in [0.3, 0.4) is 0 Å². The van der Waals surface area contributed by atoms with E-state index in [1.165, 1.54) is 0 Å². The fraction of sp³-hybridized carbons (Fsp3) is 0.333. The van der Waals surface area contributed by atoms with Crippen LogP contribution in [-0.4, -0.2) is 53.0 Å². The molecule has 0 aliphatic heterocycles. The Morgan fingerprint density at radius 2 is 1.74 bits per heavy atom. The minimum absolute atomic E-state index is 0.256. The smallest absolute Gasteiger partial charge is 0.407 e. The van der Waals surface area contributed by atoms with E-state index in [1.54, 1.807) is 14.2 Å². The van der Waals surface area contributed by atoms with Crippen LogP contribution in [0.15, 0.2) is 42.5 Å². The van der Waals surface area contributed by atoms with Crippen LogP contribution < -0.4 is 20.1 Å². The Morgan fingerprint density at radius 3 is 2.50 bits per heavy atom. The number of nitrogens with zero attached hydrogens (tertiary/aromatic N) is 4. The SMILES string of the molecule is COc1cc2nc(NCCCCNC(=O)OCc3ccccc3)c3nnc(C)n3c2cc1OC. The highest BCUT2D eigenvalue weighted by molar-refractivity contribution is 5.85. The van der Waals surface area contributed by atoms with Crippen LogP contribution in [0.25, 0.3) is 16.7 Å². The Morgan fingerprint density at radius 1 is 1.00 bits per heavy atom. The highest BCUT2D eigenvalue weighted by Crippen LogP contribution is 2.33. The Labute approximate surface area is 197 Å². The number of carbonyl (C=O) groups is 1. The molecule has 0 unspecified atom stereocenters. The van der Waals surface area contributed by atoms with Gasteiger partial charge in [0.25, 0.3) is 0 Å². The second kappa shape index (κ2) is 10.7. The summed E-state index contributed by atoms with van der Waals surface area (Å²) in [4.78, 5) is 16.6. The highest BCUT2D eigenvalue weighted by atomic mass is 16.5. The van der Waals surface area contributed by atoms with Gasteiger partial charge in [0.05, 0.1) is 25.3 Å². The van der Waals surface area contributed by atoms with Gasteiger partial charge in [0.1, 0.15) is 12.4 Å². The van der Waals surface area contributed by atoms with Crippen LogP contribution in [0.4, 0.5) is 10.6 Å². The third-order valence-corrected chi connectivity index (χ3v) is 5.37. The molecular formula is C24H28N6O4. The van der Waals surface area contributed by atoms with E-state index < -0.39 is 6.09 Å². The van der Waals surface area contributed by atoms with E-state index in [0.717, 1.165) is 35.3 Å². The quantitative estimate of drug-likeness (QED) is 0.342. The lowest BCUT2D eigenvalue weighted by Crippen LogP contribution is -2.25. The molecule has 1 amide bonds. The Kier molecular flexibility index (Phi) is 7.26. The van der Waals surface area contributed by atoms with Gasteiger partial charge < -0.3 is 24.8 Å². The van der Waals surface area contributed by atoms with Crippen molar-refractivity contribution in [3.05, 3.63) is 53.9 Å². The molecule has 0 saturated carbocycles. The summed E-state index contributed by atoms with van der Waals surface area (Å²) >= 11 is 0. The van der Waals surface area contributed by atoms with Crippen LogP contribution in [0.1, 0.15) is 24.2 Å². The van der Waals surface area contributed by atoms with Crippen LogP contribution in [0.2, 0.25) is 0 Å². The maximum atomic E-state index is 11.8. The molecule has 34 heavy (non-hydrogen) atoms. The summed E-state index contributed by atoms with van der Waals surface area (Å²) in [5.74, 6) is 2.59. The summed E-state index contributed by atoms with van der Waals surface area (Å²) in [6.07, 6.45) is 1.19. The van der Waals surface area contributed by atoms with Gasteiger partial charge in [-0.3, -0.25) is 4.40 Å². The number of nitrogens with one attached hydrogen (secondary N) is 2. The predicted octanol–water partition coefficient (Wildman–Crippen LogP) is 3.72. The molecule has 10 heteroatoms. The molecular weight excluding hydrogens is 436 g/mol. The second-order valence-corrected chi connectivity index (χ2v) is 7.68. The zero-order valence-electron chi connectivity index (χ0n) is 19.5. The Balaban J connectivity index is 1.33. The minimum atomic E-state index is -0.418. The molecule has 2 aromatic heterocycles. The molecule has 178 valence electrons. The van der Waals surface area contributed by atoms with Gasteiger partial charge in [0, 0.05) is 25.2 Å². The van der Waals surface area contributed by atoms with Crippen molar-refractivity contribution >= 4 is 28.6 Å². The van der Waals surface area contributed by atoms with E-state index in [2.05, 4.69) is 20.8 Å². The summed E-state index contributed by atoms with van der Waals surface area (Å²) in [5.41, 5.74) is 3.16. The number of hydrogen-bond donors (Lipinski definition) is 2. The topological polar surface area (TPSA) is 112 Å². The lowest BCUT2D eigenvalue weighted by Gasteiger charge is -2.13. The van der Waals surface area contributed by atoms with Crippen LogP contribution >= 0.6 is 0 Å². The van der Waals surface area contributed by atoms with Gasteiger partial charge in [-0.05, 0) is 25.3 Å². The average molecular weight is 465 g/mol. The molecule has 0 saturated heterocycles. The number of carbonyl (C=O) groups excluding carboxylic acids is 1. The summed E-state index contributed by atoms with van der Waals surface area (Å²) < 4.78 is 18.0. The predicted molar refractivity (Wildman–Crippen MR) is 128 cm³/mol. The standard InChI is InChI=1S/C24H28N6O4/c1-16-28-29-23-22(27-18-13-20(32-2)21(33-3)14-19(18)30(16)23)25-11-7-8-12-26-24(31)34-15-17-9-5-4-6-10-17/h4-6,9-10,13-14H,7-8,11-12,15H2,1-3H3,(H,25,27)(H,26,31). The zero-order valence-corrected chi connectivity index (χ0v) is 19.5. The van der Waals surface area contributed by atoms with Crippen molar-refractivity contribution in [2.75, 3.05) is 32.6 Å². The molecule has 2 heterocycles. The fourth-order valence-corrected chi connectivity index (χ4v) is 3.64. The largest absolute Gasteiger partial charge is 0.493 e. The van der Waals surface area contributed by atoms with Crippen molar-refractivity contribution in [3.63, 3.8) is 0 Å². The molecule has 0 fully saturated rings. The molecule has 0 radical (unpaired) electrons. The monoisotopic (exact) mass is 464 g/mol. The summed E-state index contributed by atoms with van der Waals surface area (Å²) in [6, 6.07) is 13.3. The van der Waals surface area contributed by atoms with E-state index in [9.17, 15) is 4.79 Å². The normalized spacial score (nSPS) is 10.9. The minimum Gasteiger partial charge on any atom is -0.493 e. The number of aromatic nitrogens is 4. The van der Waals surface area contributed by atoms with E-state index in [0.29, 0.717) is 36.1 Å². The number of amides is 1. The summed E-state index contributed by atoms with van der Waals surface area (Å²) in [7, 11) is 3.19. The molecule has 10 nitrogen and oxygen atoms in total. The van der Waals surface area contributed by atoms with Gasteiger partial charge in [-0.1, -0.05) is 30.3 Å². The van der Waals surface area contributed by atoms with Crippen molar-refractivity contribution in [2.24, 2.45) is 0 Å². The van der Waals surface area contributed by atoms with E-state index in [1.807, 2.05) is 53.8 Å². The van der Waals surface area contributed by atoms with Crippen LogP contribution in [0, 0.1) is 6.92 Å². The molecule has 2 N–H and O–H groups in total. The van der Waals surface area contributed by atoms with Crippen molar-refractivity contribution in [1.29, 1.82) is 0 Å². The van der Waals surface area contributed by atoms with Crippen LogP contribution in [0.5, 0.6) is 11.5 Å². The molecule has 4 aromatic rings. The number of anilines is 1. The number of fused-ring (bicyclic) bond motifs is 3. The lowest BCUT2D eigenvalue weighted by atomic mass is 10.2. The van der Waals surface area contributed by atoms with Gasteiger partial charge in [-0.15, -0.1) is 10.2 Å². The number of hydrogen-bond acceptors (Lipinski definition) is 8. The first-order valence-electron chi connectivity index (χ1n) is 11.1. The number of alkyl carbamates (subject to hydrolysis) is 1. The molecule has 4 rings (SSSR count). The maximum absolute atomic E-state index is 11.8. The zero-order chi connectivity index (χ0) is 23.9. The van der Waals surface area contributed by atoms with E-state index >= 15 is 0 Å². The number of aryl methyl sites for hydroxylation is 1. The molecule has 0 atom stereocenters. The lowest BCUT2D eigenvalue weighted by molar-refractivity contribution is 0.139. The molecule has 0 spiro atoms. The van der Waals surface area contributed by atoms with Crippen molar-refractivity contribution in [1.82, 2.24) is 24.9 Å². The molecule has 0 aliphatic rings. The molecule has 0 aliphatic carbocycles. The molecule has 0 bridgehead atoms. The molecule has 2 aromatic carbocycles. The third-order valence-electron chi connectivity index (χ3n) is 5.37. The number of rotatable bonds is 10. The van der Waals surface area contributed by atoms with Crippen molar-refractivity contribution in [3.8, 4) is 11.5 Å². The van der Waals surface area contributed by atoms with E-state index in [4.69, 9.17) is 19.2 Å². The second-order valence-electron chi connectivity index (χ2n) is 7.68. The summed E-state index contributed by atoms with van der Waals surface area (Å²) in [6.45, 7) is 3.33. The van der Waals surface area contributed by atoms with E-state index in [-0.39, 0.29) is 6.61 Å². The van der Waals surface area contributed by atoms with Crippen molar-refractivity contribution < 1.29 is 19.0 Å². The van der Waals surface area contributed by atoms with Gasteiger partial charge >= 0.3 is 6.09 Å². The van der Waals surface area contributed by atoms with Gasteiger partial charge in [-0.25, -0.2) is 9.78 Å². The maximum Gasteiger partial charge on any atom is 0.407 e. The van der Waals surface area contributed by atoms with Gasteiger partial charge in [-0.2, -0.15) is 0 Å². The number of unbranched alkanes of at least 4 members (excludes halogenated alkanes) is 1. The first kappa shape index (κ1) is 23.1. The highest BCUT2D eigenvalue weighted by Gasteiger charge is 2.16. The third kappa shape index (κ3) is 5.11. The van der Waals surface area contributed by atoms with Gasteiger partial charge in [0.15, 0.2) is 17.3 Å². The number of benzene rings is 2. The number of methoxy groups -OCH3 is 2. The van der Waals surface area contributed by atoms with Gasteiger partial charge in [0.2, 0.25) is 5.65 Å². The average Bonchev–Trinajstić information content (AvgIpc) is 3.26. The first-order valence-corrected chi connectivity index (χ1v) is 11.1. The van der Waals surface area contributed by atoms with Crippen LogP contribution in [-0.2, 0) is 11.3 Å². The first-order chi connectivity index (χ1) is 16.6. The Bertz CT molecular complexity index is 1280. The fourth-order valence-electron chi connectivity index (χ4n) is 3.64.